The van der Waals surface area contributed by atoms with Crippen molar-refractivity contribution in [1.82, 2.24) is 4.48 Å². The van der Waals surface area contributed by atoms with E-state index in [2.05, 4.69) is 38.7 Å². The molecule has 211 valence electrons. The molecule has 0 atom stereocenters. The van der Waals surface area contributed by atoms with Crippen molar-refractivity contribution in [3.63, 3.8) is 0 Å². The number of allylic oxidation sites excluding steroid dienone is 9. The predicted octanol–water partition coefficient (Wildman–Crippen LogP) is 9.63. The summed E-state index contributed by atoms with van der Waals surface area (Å²) in [6.45, 7) is 20.9. The van der Waals surface area contributed by atoms with Gasteiger partial charge in [-0.1, -0.05) is 50.5 Å². The second-order valence-corrected chi connectivity index (χ2v) is 10.6. The second kappa shape index (κ2) is 13.8. The van der Waals surface area contributed by atoms with Crippen molar-refractivity contribution < 1.29 is 13.5 Å². The van der Waals surface area contributed by atoms with Crippen LogP contribution in [0.3, 0.4) is 0 Å². The highest BCUT2D eigenvalue weighted by molar-refractivity contribution is 6.36. The molecule has 40 heavy (non-hydrogen) atoms. The van der Waals surface area contributed by atoms with Gasteiger partial charge in [0.2, 0.25) is 0 Å². The van der Waals surface area contributed by atoms with Crippen LogP contribution in [-0.4, -0.2) is 24.3 Å². The van der Waals surface area contributed by atoms with E-state index in [1.807, 2.05) is 46.0 Å². The molecular weight excluding hydrogens is 501 g/mol. The highest BCUT2D eigenvalue weighted by Gasteiger charge is 2.27. The van der Waals surface area contributed by atoms with Crippen molar-refractivity contribution >= 4 is 18.8 Å². The number of rotatable bonds is 10. The molecule has 0 unspecified atom stereocenters. The molecule has 2 heterocycles. The van der Waals surface area contributed by atoms with Crippen LogP contribution in [0.4, 0.5) is 8.78 Å². The number of aromatic nitrogens is 1. The SMILES string of the molecule is C=C(C)\C=C(C)/C(=C/C)C1=C\C(C)=C(OCCCCCC)/C(C)=N/[B]n2c(C)c(-c3ccc(F)cc3F)c(C)c2\1. The molecule has 0 amide bonds. The summed E-state index contributed by atoms with van der Waals surface area (Å²) < 4.78 is 37.2. The van der Waals surface area contributed by atoms with Crippen molar-refractivity contribution in [2.45, 2.75) is 81.1 Å². The Balaban J connectivity index is 2.31. The summed E-state index contributed by atoms with van der Waals surface area (Å²) in [5.41, 5.74) is 9.45. The Morgan fingerprint density at radius 2 is 1.82 bits per heavy atom. The first-order chi connectivity index (χ1) is 19.0. The third-order valence-electron chi connectivity index (χ3n) is 7.28. The molecule has 3 nitrogen and oxygen atoms in total. The molecule has 1 radical (unpaired) electrons. The summed E-state index contributed by atoms with van der Waals surface area (Å²) in [5.74, 6) is -0.419. The molecule has 0 bridgehead atoms. The van der Waals surface area contributed by atoms with E-state index < -0.39 is 11.6 Å². The van der Waals surface area contributed by atoms with Crippen LogP contribution in [0, 0.1) is 25.5 Å². The first-order valence-electron chi connectivity index (χ1n) is 14.1. The summed E-state index contributed by atoms with van der Waals surface area (Å²) in [7, 11) is 1.79. The van der Waals surface area contributed by atoms with Crippen LogP contribution in [0.5, 0.6) is 0 Å². The Labute approximate surface area is 240 Å². The minimum atomic E-state index is -0.599. The quantitative estimate of drug-likeness (QED) is 0.166. The maximum atomic E-state index is 15.1. The monoisotopic (exact) mass is 543 g/mol. The summed E-state index contributed by atoms with van der Waals surface area (Å²) in [4.78, 5) is 4.83. The van der Waals surface area contributed by atoms with Gasteiger partial charge in [-0.15, -0.1) is 0 Å². The van der Waals surface area contributed by atoms with E-state index in [4.69, 9.17) is 9.64 Å². The first-order valence-corrected chi connectivity index (χ1v) is 14.1. The maximum Gasteiger partial charge on any atom is 0.416 e. The molecule has 0 fully saturated rings. The number of hydrogen-bond acceptors (Lipinski definition) is 2. The lowest BCUT2D eigenvalue weighted by Gasteiger charge is -2.18. The fourth-order valence-electron chi connectivity index (χ4n) is 5.43. The lowest BCUT2D eigenvalue weighted by atomic mass is 9.89. The number of nitrogens with zero attached hydrogens (tertiary/aromatic N) is 2. The van der Waals surface area contributed by atoms with E-state index in [1.54, 1.807) is 7.55 Å². The van der Waals surface area contributed by atoms with Crippen molar-refractivity contribution in [2.75, 3.05) is 6.61 Å². The van der Waals surface area contributed by atoms with Gasteiger partial charge in [-0.3, -0.25) is 0 Å². The van der Waals surface area contributed by atoms with Crippen LogP contribution in [0.2, 0.25) is 0 Å². The third kappa shape index (κ3) is 6.83. The van der Waals surface area contributed by atoms with Gasteiger partial charge >= 0.3 is 7.55 Å². The molecule has 1 aliphatic rings. The summed E-state index contributed by atoms with van der Waals surface area (Å²) >= 11 is 0. The minimum absolute atomic E-state index is 0.363. The molecule has 6 heteroatoms. The zero-order valence-corrected chi connectivity index (χ0v) is 25.3. The van der Waals surface area contributed by atoms with Gasteiger partial charge in [-0.25, -0.2) is 8.78 Å². The Morgan fingerprint density at radius 1 is 1.10 bits per heavy atom. The highest BCUT2D eigenvalue weighted by atomic mass is 19.1. The summed E-state index contributed by atoms with van der Waals surface area (Å²) in [6, 6.07) is 3.75. The lowest BCUT2D eigenvalue weighted by molar-refractivity contribution is 0.221. The van der Waals surface area contributed by atoms with Gasteiger partial charge in [-0.05, 0) is 95.4 Å². The number of unbranched alkanes of at least 4 members (excludes halogenated alkanes) is 3. The number of hydrogen-bond donors (Lipinski definition) is 0. The van der Waals surface area contributed by atoms with Crippen LogP contribution in [0.15, 0.2) is 76.0 Å². The minimum Gasteiger partial charge on any atom is -0.491 e. The second-order valence-electron chi connectivity index (χ2n) is 10.6. The maximum absolute atomic E-state index is 15.1. The molecule has 0 saturated heterocycles. The van der Waals surface area contributed by atoms with Gasteiger partial charge in [0.05, 0.1) is 12.3 Å². The fraction of sp³-hybridized carbons (Fsp3) is 0.382. The van der Waals surface area contributed by atoms with Gasteiger partial charge in [0, 0.05) is 34.2 Å². The van der Waals surface area contributed by atoms with Crippen molar-refractivity contribution in [1.29, 1.82) is 0 Å². The molecule has 0 aliphatic carbocycles. The van der Waals surface area contributed by atoms with Crippen LogP contribution in [0.1, 0.15) is 84.2 Å². The van der Waals surface area contributed by atoms with Gasteiger partial charge < -0.3 is 14.1 Å². The number of halogens is 2. The van der Waals surface area contributed by atoms with Crippen molar-refractivity contribution in [3.05, 3.63) is 99.6 Å². The van der Waals surface area contributed by atoms with Crippen molar-refractivity contribution in [2.24, 2.45) is 4.90 Å². The normalized spacial score (nSPS) is 18.9. The number of ether oxygens (including phenoxy) is 1. The predicted molar refractivity (Wildman–Crippen MR) is 167 cm³/mol. The highest BCUT2D eigenvalue weighted by Crippen LogP contribution is 2.41. The molecule has 0 saturated carbocycles. The third-order valence-corrected chi connectivity index (χ3v) is 7.28. The van der Waals surface area contributed by atoms with E-state index in [0.717, 1.165) is 80.8 Å². The molecule has 1 aromatic carbocycles. The van der Waals surface area contributed by atoms with Crippen LogP contribution in [-0.2, 0) is 4.74 Å². The molecule has 2 aromatic rings. The summed E-state index contributed by atoms with van der Waals surface area (Å²) in [5, 5.41) is 0. The molecule has 0 spiro atoms. The van der Waals surface area contributed by atoms with E-state index >= 15 is 4.39 Å². The first kappa shape index (κ1) is 31.1. The smallest absolute Gasteiger partial charge is 0.416 e. The van der Waals surface area contributed by atoms with Crippen LogP contribution < -0.4 is 0 Å². The Bertz CT molecular complexity index is 1440. The Hall–Kier alpha value is -3.41. The zero-order chi connectivity index (χ0) is 29.6. The molecular formula is C34H42BF2N2O. The summed E-state index contributed by atoms with van der Waals surface area (Å²) in [6.07, 6.45) is 10.8. The van der Waals surface area contributed by atoms with Crippen LogP contribution in [0.25, 0.3) is 16.7 Å². The van der Waals surface area contributed by atoms with Gasteiger partial charge in [0.15, 0.2) is 0 Å². The van der Waals surface area contributed by atoms with Gasteiger partial charge in [0.25, 0.3) is 0 Å². The molecule has 3 rings (SSSR count). The van der Waals surface area contributed by atoms with E-state index in [0.29, 0.717) is 12.2 Å². The molecule has 0 N–H and O–H groups in total. The number of fused-ring (bicyclic) bond motifs is 1. The standard InChI is InChI=1S/C34H42BF2N2O/c1-10-12-13-14-17-40-34-23(6)19-30(28(11-2)22(5)18-21(3)4)33-24(7)32(26(9)39(33)35-38-25(34)8)29-16-15-27(36)20-31(29)37/h11,15-16,18-20H,3,10,12-14,17H2,1-2,4-9H3/b22-18-,28-11-,30-19+,34-23+,38-25+. The van der Waals surface area contributed by atoms with E-state index in [1.165, 1.54) is 25.0 Å². The molecule has 1 aliphatic heterocycles. The van der Waals surface area contributed by atoms with E-state index in [-0.39, 0.29) is 0 Å². The van der Waals surface area contributed by atoms with Crippen molar-refractivity contribution in [3.8, 4) is 11.1 Å². The number of benzene rings is 1. The molecule has 1 aromatic heterocycles. The average Bonchev–Trinajstić information content (AvgIpc) is 3.14. The van der Waals surface area contributed by atoms with E-state index in [9.17, 15) is 4.39 Å². The zero-order valence-electron chi connectivity index (χ0n) is 25.3. The average molecular weight is 544 g/mol. The van der Waals surface area contributed by atoms with Gasteiger partial charge in [-0.2, -0.15) is 0 Å². The topological polar surface area (TPSA) is 26.5 Å². The fourth-order valence-corrected chi connectivity index (χ4v) is 5.43. The lowest BCUT2D eigenvalue weighted by Crippen LogP contribution is -2.13. The Kier molecular flexibility index (Phi) is 10.7. The van der Waals surface area contributed by atoms with Crippen LogP contribution >= 0.6 is 0 Å². The Morgan fingerprint density at radius 3 is 2.45 bits per heavy atom. The largest absolute Gasteiger partial charge is 0.491 e. The van der Waals surface area contributed by atoms with Gasteiger partial charge in [0.1, 0.15) is 17.4 Å².